The smallest absolute Gasteiger partial charge is 0.416 e. The van der Waals surface area contributed by atoms with Gasteiger partial charge in [-0.3, -0.25) is 4.79 Å². The van der Waals surface area contributed by atoms with Crippen molar-refractivity contribution in [2.75, 3.05) is 5.75 Å². The molecule has 130 valence electrons. The van der Waals surface area contributed by atoms with Crippen molar-refractivity contribution >= 4 is 52.0 Å². The molecule has 0 atom stereocenters. The summed E-state index contributed by atoms with van der Waals surface area (Å²) in [5.74, 6) is 0.372. The zero-order chi connectivity index (χ0) is 18.2. The number of nitrogens with zero attached hydrogens (tertiary/aromatic N) is 2. The number of thiocarbonyl (C=S) groups is 1. The second-order valence-electron chi connectivity index (χ2n) is 4.90. The van der Waals surface area contributed by atoms with E-state index in [2.05, 4.69) is 5.10 Å². The quantitative estimate of drug-likeness (QED) is 0.544. The van der Waals surface area contributed by atoms with Gasteiger partial charge >= 0.3 is 6.18 Å². The first-order valence-corrected chi connectivity index (χ1v) is 8.53. The summed E-state index contributed by atoms with van der Waals surface area (Å²) in [4.78, 5) is 11.6. The highest BCUT2D eigenvalue weighted by atomic mass is 35.5. The number of halogens is 4. The Labute approximate surface area is 154 Å². The highest BCUT2D eigenvalue weighted by molar-refractivity contribution is 8.23. The molecule has 0 saturated carbocycles. The summed E-state index contributed by atoms with van der Waals surface area (Å²) in [6.45, 7) is 0. The van der Waals surface area contributed by atoms with Crippen LogP contribution in [0.25, 0.3) is 11.3 Å². The fourth-order valence-electron chi connectivity index (χ4n) is 2.03. The molecule has 1 aliphatic heterocycles. The number of furan rings is 1. The van der Waals surface area contributed by atoms with E-state index in [0.717, 1.165) is 23.2 Å². The van der Waals surface area contributed by atoms with Gasteiger partial charge in [0.2, 0.25) is 0 Å². The Balaban J connectivity index is 1.87. The maximum atomic E-state index is 12.8. The number of hydrazone groups is 1. The van der Waals surface area contributed by atoms with Crippen LogP contribution >= 0.6 is 35.6 Å². The number of carbonyl (C=O) groups excluding carboxylic acids is 1. The molecule has 1 aromatic heterocycles. The van der Waals surface area contributed by atoms with E-state index in [1.54, 1.807) is 0 Å². The topological polar surface area (TPSA) is 45.8 Å². The van der Waals surface area contributed by atoms with E-state index in [1.807, 2.05) is 0 Å². The molecule has 0 radical (unpaired) electrons. The predicted molar refractivity (Wildman–Crippen MR) is 93.7 cm³/mol. The first-order valence-electron chi connectivity index (χ1n) is 6.76. The summed E-state index contributed by atoms with van der Waals surface area (Å²) in [6, 6.07) is 5.95. The van der Waals surface area contributed by atoms with Gasteiger partial charge in [0.1, 0.15) is 11.5 Å². The average molecular weight is 405 g/mol. The minimum Gasteiger partial charge on any atom is -0.455 e. The molecule has 10 heteroatoms. The zero-order valence-electron chi connectivity index (χ0n) is 12.2. The summed E-state index contributed by atoms with van der Waals surface area (Å²) in [5, 5.41) is 5.12. The molecular formula is C15H8ClF3N2O2S2. The Bertz CT molecular complexity index is 864. The minimum absolute atomic E-state index is 0.111. The van der Waals surface area contributed by atoms with Crippen LogP contribution in [0.2, 0.25) is 5.02 Å². The number of hydrogen-bond acceptors (Lipinski definition) is 5. The molecule has 0 spiro atoms. The fraction of sp³-hybridized carbons (Fsp3) is 0.133. The molecule has 1 amide bonds. The Morgan fingerprint density at radius 1 is 1.32 bits per heavy atom. The number of benzene rings is 1. The van der Waals surface area contributed by atoms with Crippen LogP contribution in [0.15, 0.2) is 39.9 Å². The predicted octanol–water partition coefficient (Wildman–Crippen LogP) is 4.81. The van der Waals surface area contributed by atoms with Crippen LogP contribution in [0.5, 0.6) is 0 Å². The molecule has 0 unspecified atom stereocenters. The lowest BCUT2D eigenvalue weighted by Gasteiger charge is -2.09. The Morgan fingerprint density at radius 2 is 2.08 bits per heavy atom. The molecule has 1 aliphatic rings. The van der Waals surface area contributed by atoms with Crippen molar-refractivity contribution in [2.45, 2.75) is 6.18 Å². The minimum atomic E-state index is -4.49. The summed E-state index contributed by atoms with van der Waals surface area (Å²) >= 11 is 12.2. The van der Waals surface area contributed by atoms with E-state index in [9.17, 15) is 18.0 Å². The van der Waals surface area contributed by atoms with Gasteiger partial charge in [-0.15, -0.1) is 0 Å². The van der Waals surface area contributed by atoms with Crippen LogP contribution in [0.3, 0.4) is 0 Å². The third kappa shape index (κ3) is 3.88. The molecule has 2 heterocycles. The van der Waals surface area contributed by atoms with E-state index in [4.69, 9.17) is 28.2 Å². The Hall–Kier alpha value is -1.84. The molecule has 1 aromatic carbocycles. The lowest BCUT2D eigenvalue weighted by molar-refractivity contribution is -0.137. The molecule has 4 nitrogen and oxygen atoms in total. The fourth-order valence-corrected chi connectivity index (χ4v) is 3.21. The van der Waals surface area contributed by atoms with Crippen LogP contribution in [-0.4, -0.2) is 27.2 Å². The lowest BCUT2D eigenvalue weighted by Crippen LogP contribution is -2.22. The van der Waals surface area contributed by atoms with E-state index in [1.165, 1.54) is 30.1 Å². The van der Waals surface area contributed by atoms with Crippen molar-refractivity contribution < 1.29 is 22.4 Å². The van der Waals surface area contributed by atoms with E-state index >= 15 is 0 Å². The number of alkyl halides is 3. The van der Waals surface area contributed by atoms with Gasteiger partial charge in [-0.05, 0) is 30.3 Å². The van der Waals surface area contributed by atoms with Gasteiger partial charge in [0.25, 0.3) is 5.91 Å². The van der Waals surface area contributed by atoms with Crippen LogP contribution in [0, 0.1) is 0 Å². The van der Waals surface area contributed by atoms with Crippen LogP contribution in [-0.2, 0) is 11.0 Å². The standard InChI is InChI=1S/C15H8ClF3N2O2S2/c16-11-3-1-8(15(17,18)19)5-10(11)12-4-2-9(23-12)6-20-21-13(22)7-25-14(21)24/h1-6H,7H2/b20-6+. The Morgan fingerprint density at radius 3 is 2.72 bits per heavy atom. The number of hydrogen-bond donors (Lipinski definition) is 0. The van der Waals surface area contributed by atoms with Crippen LogP contribution in [0.4, 0.5) is 13.2 Å². The van der Waals surface area contributed by atoms with E-state index in [0.29, 0.717) is 4.32 Å². The third-order valence-electron chi connectivity index (χ3n) is 3.21. The first kappa shape index (κ1) is 18.0. The largest absolute Gasteiger partial charge is 0.455 e. The molecule has 25 heavy (non-hydrogen) atoms. The maximum absolute atomic E-state index is 12.8. The number of thioether (sulfide) groups is 1. The second-order valence-corrected chi connectivity index (χ2v) is 6.92. The summed E-state index contributed by atoms with van der Waals surface area (Å²) in [5.41, 5.74) is -0.719. The van der Waals surface area contributed by atoms with E-state index in [-0.39, 0.29) is 33.8 Å². The normalized spacial score (nSPS) is 15.6. The summed E-state index contributed by atoms with van der Waals surface area (Å²) < 4.78 is 44.3. The van der Waals surface area contributed by atoms with Gasteiger partial charge in [-0.25, -0.2) is 0 Å². The SMILES string of the molecule is O=C1CSC(=S)N1/N=C/c1ccc(-c2cc(C(F)(F)F)ccc2Cl)o1. The van der Waals surface area contributed by atoms with Crippen molar-refractivity contribution in [2.24, 2.45) is 5.10 Å². The summed E-state index contributed by atoms with van der Waals surface area (Å²) in [6.07, 6.45) is -3.22. The van der Waals surface area contributed by atoms with Crippen molar-refractivity contribution in [3.05, 3.63) is 46.7 Å². The molecular weight excluding hydrogens is 397 g/mol. The number of carbonyl (C=O) groups is 1. The lowest BCUT2D eigenvalue weighted by atomic mass is 10.1. The van der Waals surface area contributed by atoms with Crippen molar-refractivity contribution in [3.8, 4) is 11.3 Å². The highest BCUT2D eigenvalue weighted by Gasteiger charge is 2.31. The number of rotatable bonds is 3. The molecule has 1 fully saturated rings. The number of amides is 1. The van der Waals surface area contributed by atoms with Gasteiger partial charge < -0.3 is 4.42 Å². The van der Waals surface area contributed by atoms with E-state index < -0.39 is 11.7 Å². The second kappa shape index (κ2) is 6.81. The molecule has 2 aromatic rings. The first-order chi connectivity index (χ1) is 11.8. The molecule has 1 saturated heterocycles. The molecule has 3 rings (SSSR count). The van der Waals surface area contributed by atoms with Gasteiger partial charge in [0.15, 0.2) is 4.32 Å². The van der Waals surface area contributed by atoms with Gasteiger partial charge in [0, 0.05) is 5.56 Å². The Kier molecular flexibility index (Phi) is 4.90. The third-order valence-corrected chi connectivity index (χ3v) is 4.88. The van der Waals surface area contributed by atoms with Crippen LogP contribution in [0.1, 0.15) is 11.3 Å². The average Bonchev–Trinajstić information content (AvgIpc) is 3.12. The molecule has 0 aliphatic carbocycles. The van der Waals surface area contributed by atoms with Crippen molar-refractivity contribution in [1.82, 2.24) is 5.01 Å². The van der Waals surface area contributed by atoms with Gasteiger partial charge in [-0.1, -0.05) is 35.6 Å². The zero-order valence-corrected chi connectivity index (χ0v) is 14.6. The van der Waals surface area contributed by atoms with Crippen molar-refractivity contribution in [1.29, 1.82) is 0 Å². The molecule has 0 N–H and O–H groups in total. The highest BCUT2D eigenvalue weighted by Crippen LogP contribution is 2.36. The van der Waals surface area contributed by atoms with Gasteiger partial charge in [-0.2, -0.15) is 23.3 Å². The van der Waals surface area contributed by atoms with Crippen LogP contribution < -0.4 is 0 Å². The summed E-state index contributed by atoms with van der Waals surface area (Å²) in [7, 11) is 0. The molecule has 0 bridgehead atoms. The van der Waals surface area contributed by atoms with Gasteiger partial charge in [0.05, 0.1) is 22.6 Å². The maximum Gasteiger partial charge on any atom is 0.416 e. The van der Waals surface area contributed by atoms with Crippen molar-refractivity contribution in [3.63, 3.8) is 0 Å². The monoisotopic (exact) mass is 404 g/mol.